The van der Waals surface area contributed by atoms with E-state index in [1.807, 2.05) is 30.6 Å². The number of methoxy groups -OCH3 is 1. The average Bonchev–Trinajstić information content (AvgIpc) is 2.61. The van der Waals surface area contributed by atoms with Gasteiger partial charge < -0.3 is 15.0 Å². The van der Waals surface area contributed by atoms with Crippen molar-refractivity contribution in [1.29, 1.82) is 0 Å². The van der Waals surface area contributed by atoms with Crippen LogP contribution in [0.15, 0.2) is 42.9 Å². The van der Waals surface area contributed by atoms with Crippen molar-refractivity contribution in [3.8, 4) is 5.75 Å². The van der Waals surface area contributed by atoms with Crippen LogP contribution in [0, 0.1) is 0 Å². The molecular weight excluding hydrogens is 276 g/mol. The van der Waals surface area contributed by atoms with Gasteiger partial charge in [0.25, 0.3) is 0 Å². The van der Waals surface area contributed by atoms with Gasteiger partial charge in [0.05, 0.1) is 13.3 Å². The zero-order valence-corrected chi connectivity index (χ0v) is 12.9. The SMILES string of the molecule is COc1ccc(N(Cc2cccnc2)C2CCCNC2)nc1. The van der Waals surface area contributed by atoms with E-state index in [-0.39, 0.29) is 0 Å². The number of ether oxygens (including phenoxy) is 1. The molecule has 22 heavy (non-hydrogen) atoms. The second kappa shape index (κ2) is 7.22. The minimum absolute atomic E-state index is 0.454. The summed E-state index contributed by atoms with van der Waals surface area (Å²) >= 11 is 0. The standard InChI is InChI=1S/C17H22N4O/c1-22-16-6-7-17(20-12-16)21(15-5-3-9-19-11-15)13-14-4-2-8-18-10-14/h2,4,6-8,10,12,15,19H,3,5,9,11,13H2,1H3. The summed E-state index contributed by atoms with van der Waals surface area (Å²) in [6.45, 7) is 2.92. The fourth-order valence-corrected chi connectivity index (χ4v) is 2.85. The van der Waals surface area contributed by atoms with Gasteiger partial charge in [-0.25, -0.2) is 4.98 Å². The lowest BCUT2D eigenvalue weighted by molar-refractivity contribution is 0.411. The van der Waals surface area contributed by atoms with Gasteiger partial charge in [0.1, 0.15) is 11.6 Å². The number of nitrogens with zero attached hydrogens (tertiary/aromatic N) is 3. The van der Waals surface area contributed by atoms with Crippen LogP contribution in [0.5, 0.6) is 5.75 Å². The zero-order chi connectivity index (χ0) is 15.2. The van der Waals surface area contributed by atoms with Gasteiger partial charge in [0.2, 0.25) is 0 Å². The molecule has 116 valence electrons. The highest BCUT2D eigenvalue weighted by Crippen LogP contribution is 2.23. The molecule has 5 heteroatoms. The van der Waals surface area contributed by atoms with Crippen LogP contribution in [-0.4, -0.2) is 36.2 Å². The minimum Gasteiger partial charge on any atom is -0.495 e. The van der Waals surface area contributed by atoms with Gasteiger partial charge in [0.15, 0.2) is 0 Å². The maximum atomic E-state index is 5.21. The molecule has 2 aromatic rings. The second-order valence-corrected chi connectivity index (χ2v) is 5.55. The Morgan fingerprint density at radius 2 is 2.27 bits per heavy atom. The summed E-state index contributed by atoms with van der Waals surface area (Å²) in [5, 5.41) is 3.48. The third-order valence-corrected chi connectivity index (χ3v) is 4.04. The number of anilines is 1. The molecule has 0 spiro atoms. The molecular formula is C17H22N4O. The van der Waals surface area contributed by atoms with Crippen LogP contribution in [0.2, 0.25) is 0 Å². The molecule has 0 aromatic carbocycles. The number of hydrogen-bond donors (Lipinski definition) is 1. The molecule has 0 bridgehead atoms. The third-order valence-electron chi connectivity index (χ3n) is 4.04. The lowest BCUT2D eigenvalue weighted by Gasteiger charge is -2.35. The number of piperidine rings is 1. The van der Waals surface area contributed by atoms with Crippen molar-refractivity contribution in [2.75, 3.05) is 25.1 Å². The van der Waals surface area contributed by atoms with E-state index in [0.29, 0.717) is 6.04 Å². The van der Waals surface area contributed by atoms with Crippen LogP contribution in [-0.2, 0) is 6.54 Å². The summed E-state index contributed by atoms with van der Waals surface area (Å²) in [6.07, 6.45) is 7.89. The Balaban J connectivity index is 1.83. The van der Waals surface area contributed by atoms with Crippen LogP contribution in [0.1, 0.15) is 18.4 Å². The summed E-state index contributed by atoms with van der Waals surface area (Å²) in [6, 6.07) is 8.54. The maximum absolute atomic E-state index is 5.21. The van der Waals surface area contributed by atoms with Crippen molar-refractivity contribution in [2.45, 2.75) is 25.4 Å². The summed E-state index contributed by atoms with van der Waals surface area (Å²) in [7, 11) is 1.66. The summed E-state index contributed by atoms with van der Waals surface area (Å²) in [4.78, 5) is 11.2. The molecule has 1 N–H and O–H groups in total. The number of pyridine rings is 2. The smallest absolute Gasteiger partial charge is 0.137 e. The molecule has 0 saturated carbocycles. The van der Waals surface area contributed by atoms with Crippen LogP contribution in [0.25, 0.3) is 0 Å². The van der Waals surface area contributed by atoms with Crippen molar-refractivity contribution >= 4 is 5.82 Å². The predicted molar refractivity (Wildman–Crippen MR) is 87.1 cm³/mol. The van der Waals surface area contributed by atoms with E-state index in [0.717, 1.165) is 31.2 Å². The van der Waals surface area contributed by atoms with Gasteiger partial charge in [0, 0.05) is 31.5 Å². The van der Waals surface area contributed by atoms with E-state index in [4.69, 9.17) is 4.74 Å². The van der Waals surface area contributed by atoms with E-state index in [1.165, 1.54) is 18.4 Å². The molecule has 1 fully saturated rings. The fraction of sp³-hybridized carbons (Fsp3) is 0.412. The monoisotopic (exact) mass is 298 g/mol. The number of nitrogens with one attached hydrogen (secondary N) is 1. The molecule has 1 atom stereocenters. The van der Waals surface area contributed by atoms with Crippen molar-refractivity contribution in [2.24, 2.45) is 0 Å². The molecule has 2 aromatic heterocycles. The topological polar surface area (TPSA) is 50.3 Å². The molecule has 1 saturated heterocycles. The molecule has 0 radical (unpaired) electrons. The first-order valence-corrected chi connectivity index (χ1v) is 7.73. The molecule has 3 heterocycles. The van der Waals surface area contributed by atoms with Crippen LogP contribution >= 0.6 is 0 Å². The van der Waals surface area contributed by atoms with Crippen LogP contribution in [0.4, 0.5) is 5.82 Å². The van der Waals surface area contributed by atoms with E-state index >= 15 is 0 Å². The first-order chi connectivity index (χ1) is 10.9. The fourth-order valence-electron chi connectivity index (χ4n) is 2.85. The summed E-state index contributed by atoms with van der Waals surface area (Å²) < 4.78 is 5.21. The van der Waals surface area contributed by atoms with Crippen molar-refractivity contribution in [3.05, 3.63) is 48.4 Å². The van der Waals surface area contributed by atoms with Crippen LogP contribution in [0.3, 0.4) is 0 Å². The highest BCUT2D eigenvalue weighted by Gasteiger charge is 2.22. The first-order valence-electron chi connectivity index (χ1n) is 7.73. The molecule has 0 amide bonds. The second-order valence-electron chi connectivity index (χ2n) is 5.55. The molecule has 5 nitrogen and oxygen atoms in total. The van der Waals surface area contributed by atoms with Gasteiger partial charge in [-0.3, -0.25) is 4.98 Å². The van der Waals surface area contributed by atoms with Gasteiger partial charge >= 0.3 is 0 Å². The van der Waals surface area contributed by atoms with E-state index in [1.54, 1.807) is 13.3 Å². The number of aromatic nitrogens is 2. The van der Waals surface area contributed by atoms with E-state index in [2.05, 4.69) is 26.3 Å². The Morgan fingerprint density at radius 3 is 2.91 bits per heavy atom. The quantitative estimate of drug-likeness (QED) is 0.917. The van der Waals surface area contributed by atoms with E-state index < -0.39 is 0 Å². The molecule has 1 aliphatic rings. The van der Waals surface area contributed by atoms with Gasteiger partial charge in [-0.2, -0.15) is 0 Å². The lowest BCUT2D eigenvalue weighted by Crippen LogP contribution is -2.46. The first kappa shape index (κ1) is 14.8. The Kier molecular flexibility index (Phi) is 4.85. The maximum Gasteiger partial charge on any atom is 0.137 e. The predicted octanol–water partition coefficient (Wildman–Crippen LogP) is 2.24. The molecule has 3 rings (SSSR count). The Labute approximate surface area is 131 Å². The van der Waals surface area contributed by atoms with Crippen LogP contribution < -0.4 is 15.0 Å². The van der Waals surface area contributed by atoms with Crippen molar-refractivity contribution in [3.63, 3.8) is 0 Å². The molecule has 0 aliphatic carbocycles. The number of hydrogen-bond acceptors (Lipinski definition) is 5. The lowest BCUT2D eigenvalue weighted by atomic mass is 10.0. The zero-order valence-electron chi connectivity index (χ0n) is 12.9. The third kappa shape index (κ3) is 3.54. The average molecular weight is 298 g/mol. The molecule has 1 unspecified atom stereocenters. The molecule has 1 aliphatic heterocycles. The summed E-state index contributed by atoms with van der Waals surface area (Å²) in [5.41, 5.74) is 1.20. The van der Waals surface area contributed by atoms with E-state index in [9.17, 15) is 0 Å². The van der Waals surface area contributed by atoms with Crippen molar-refractivity contribution < 1.29 is 4.74 Å². The Bertz CT molecular complexity index is 567. The van der Waals surface area contributed by atoms with Gasteiger partial charge in [-0.15, -0.1) is 0 Å². The minimum atomic E-state index is 0.454. The van der Waals surface area contributed by atoms with Crippen molar-refractivity contribution in [1.82, 2.24) is 15.3 Å². The largest absolute Gasteiger partial charge is 0.495 e. The Hall–Kier alpha value is -2.14. The van der Waals surface area contributed by atoms with Gasteiger partial charge in [-0.05, 0) is 43.1 Å². The number of rotatable bonds is 5. The summed E-state index contributed by atoms with van der Waals surface area (Å²) in [5.74, 6) is 1.77. The Morgan fingerprint density at radius 1 is 1.32 bits per heavy atom. The normalized spacial score (nSPS) is 18.0. The highest BCUT2D eigenvalue weighted by molar-refractivity contribution is 5.43. The van der Waals surface area contributed by atoms with Gasteiger partial charge in [-0.1, -0.05) is 6.07 Å². The highest BCUT2D eigenvalue weighted by atomic mass is 16.5.